The number of benzene rings is 3. The van der Waals surface area contributed by atoms with Crippen molar-refractivity contribution in [2.24, 2.45) is 0 Å². The number of anilines is 2. The number of nitrogens with zero attached hydrogens (tertiary/aromatic N) is 2. The lowest BCUT2D eigenvalue weighted by Gasteiger charge is -2.09. The lowest BCUT2D eigenvalue weighted by molar-refractivity contribution is -0.137. The Morgan fingerprint density at radius 2 is 1.68 bits per heavy atom. The molecule has 4 aromatic rings. The molecule has 1 aromatic heterocycles. The molecule has 0 aliphatic rings. The Balaban J connectivity index is 1.58. The molecular weight excluding hydrogens is 488 g/mol. The minimum Gasteiger partial charge on any atom is -0.337 e. The number of halogens is 4. The zero-order valence-corrected chi connectivity index (χ0v) is 19.0. The summed E-state index contributed by atoms with van der Waals surface area (Å²) < 4.78 is 53.7. The molecule has 2 amide bonds. The molecule has 0 fully saturated rings. The second-order valence-corrected chi connectivity index (χ2v) is 7.99. The van der Waals surface area contributed by atoms with Crippen LogP contribution in [0, 0.1) is 17.1 Å². The average molecular weight is 506 g/mol. The van der Waals surface area contributed by atoms with Crippen LogP contribution >= 0.6 is 0 Å². The fraction of sp³-hybridized carbons (Fsp3) is 0.0741. The van der Waals surface area contributed by atoms with Gasteiger partial charge < -0.3 is 15.2 Å². The lowest BCUT2D eigenvalue weighted by atomic mass is 10.1. The number of nitrogens with one attached hydrogen (secondary N) is 2. The number of alkyl halides is 3. The maximum absolute atomic E-state index is 13.1. The largest absolute Gasteiger partial charge is 0.416 e. The molecule has 0 unspecified atom stereocenters. The van der Waals surface area contributed by atoms with Crippen LogP contribution in [-0.2, 0) is 22.3 Å². The van der Waals surface area contributed by atoms with Crippen molar-refractivity contribution >= 4 is 40.2 Å². The van der Waals surface area contributed by atoms with Gasteiger partial charge in [-0.05, 0) is 54.6 Å². The third-order valence-electron chi connectivity index (χ3n) is 5.37. The number of carbonyl (C=O) groups is 2. The molecule has 186 valence electrons. The SMILES string of the molecule is N#C/C(=C/c1cn(CC(=O)Nc2ccc(F)cc2)c2ccccc12)C(=O)Nc1cccc(C(F)(F)F)c1. The molecule has 6 nitrogen and oxygen atoms in total. The summed E-state index contributed by atoms with van der Waals surface area (Å²) in [6.45, 7) is -0.107. The predicted octanol–water partition coefficient (Wildman–Crippen LogP) is 5.98. The van der Waals surface area contributed by atoms with Crippen molar-refractivity contribution in [3.8, 4) is 6.07 Å². The van der Waals surface area contributed by atoms with Crippen molar-refractivity contribution in [1.82, 2.24) is 4.57 Å². The summed E-state index contributed by atoms with van der Waals surface area (Å²) in [5.41, 5.74) is 0.146. The fourth-order valence-corrected chi connectivity index (χ4v) is 3.69. The van der Waals surface area contributed by atoms with Crippen molar-refractivity contribution in [2.45, 2.75) is 12.7 Å². The molecule has 3 aromatic carbocycles. The van der Waals surface area contributed by atoms with E-state index in [1.807, 2.05) is 0 Å². The molecule has 1 heterocycles. The number of hydrogen-bond acceptors (Lipinski definition) is 3. The molecule has 0 aliphatic heterocycles. The number of para-hydroxylation sites is 1. The van der Waals surface area contributed by atoms with E-state index in [0.29, 0.717) is 22.2 Å². The van der Waals surface area contributed by atoms with Gasteiger partial charge in [0.25, 0.3) is 5.91 Å². The summed E-state index contributed by atoms with van der Waals surface area (Å²) >= 11 is 0. The van der Waals surface area contributed by atoms with Crippen LogP contribution in [0.4, 0.5) is 28.9 Å². The standard InChI is InChI=1S/C27H18F4N4O2/c28-20-8-10-21(11-9-20)33-25(36)16-35-15-18(23-6-1-2-7-24(23)35)12-17(14-32)26(37)34-22-5-3-4-19(13-22)27(29,30)31/h1-13,15H,16H2,(H,33,36)(H,34,37)/b17-12-. The van der Waals surface area contributed by atoms with Crippen LogP contribution in [0.1, 0.15) is 11.1 Å². The lowest BCUT2D eigenvalue weighted by Crippen LogP contribution is -2.18. The van der Waals surface area contributed by atoms with E-state index in [0.717, 1.165) is 18.2 Å². The number of hydrogen-bond donors (Lipinski definition) is 2. The first-order valence-electron chi connectivity index (χ1n) is 10.9. The van der Waals surface area contributed by atoms with Crippen LogP contribution in [0.25, 0.3) is 17.0 Å². The summed E-state index contributed by atoms with van der Waals surface area (Å²) in [5, 5.41) is 15.2. The van der Waals surface area contributed by atoms with Gasteiger partial charge in [0.1, 0.15) is 24.0 Å². The van der Waals surface area contributed by atoms with E-state index >= 15 is 0 Å². The average Bonchev–Trinajstić information content (AvgIpc) is 3.20. The highest BCUT2D eigenvalue weighted by Crippen LogP contribution is 2.31. The highest BCUT2D eigenvalue weighted by Gasteiger charge is 2.30. The Kier molecular flexibility index (Phi) is 7.06. The molecular formula is C27H18F4N4O2. The molecule has 0 spiro atoms. The van der Waals surface area contributed by atoms with E-state index in [1.165, 1.54) is 36.4 Å². The summed E-state index contributed by atoms with van der Waals surface area (Å²) in [6.07, 6.45) is -1.69. The highest BCUT2D eigenvalue weighted by molar-refractivity contribution is 6.11. The minimum absolute atomic E-state index is 0.107. The van der Waals surface area contributed by atoms with Gasteiger partial charge in [-0.2, -0.15) is 18.4 Å². The Hall–Kier alpha value is -4.91. The van der Waals surface area contributed by atoms with Crippen LogP contribution in [0.2, 0.25) is 0 Å². The molecule has 37 heavy (non-hydrogen) atoms. The van der Waals surface area contributed by atoms with Crippen LogP contribution in [0.3, 0.4) is 0 Å². The van der Waals surface area contributed by atoms with Gasteiger partial charge in [0.15, 0.2) is 0 Å². The zero-order chi connectivity index (χ0) is 26.6. The Morgan fingerprint density at radius 1 is 0.946 bits per heavy atom. The molecule has 0 saturated heterocycles. The molecule has 0 atom stereocenters. The van der Waals surface area contributed by atoms with Gasteiger partial charge >= 0.3 is 6.18 Å². The smallest absolute Gasteiger partial charge is 0.337 e. The van der Waals surface area contributed by atoms with Gasteiger partial charge in [0.05, 0.1) is 5.56 Å². The van der Waals surface area contributed by atoms with Crippen LogP contribution < -0.4 is 10.6 Å². The number of amides is 2. The van der Waals surface area contributed by atoms with Crippen LogP contribution in [0.15, 0.2) is 84.6 Å². The third-order valence-corrected chi connectivity index (χ3v) is 5.37. The van der Waals surface area contributed by atoms with E-state index in [9.17, 15) is 32.4 Å². The van der Waals surface area contributed by atoms with E-state index in [1.54, 1.807) is 41.1 Å². The van der Waals surface area contributed by atoms with Gasteiger partial charge in [-0.25, -0.2) is 4.39 Å². The van der Waals surface area contributed by atoms with Gasteiger partial charge in [-0.15, -0.1) is 0 Å². The Morgan fingerprint density at radius 3 is 2.38 bits per heavy atom. The first kappa shape index (κ1) is 25.2. The van der Waals surface area contributed by atoms with Crippen molar-refractivity contribution < 1.29 is 27.2 Å². The second-order valence-electron chi connectivity index (χ2n) is 7.99. The van der Waals surface area contributed by atoms with Crippen molar-refractivity contribution in [1.29, 1.82) is 5.26 Å². The molecule has 0 aliphatic carbocycles. The number of aromatic nitrogens is 1. The normalized spacial score (nSPS) is 11.7. The summed E-state index contributed by atoms with van der Waals surface area (Å²) in [7, 11) is 0. The highest BCUT2D eigenvalue weighted by atomic mass is 19.4. The fourth-order valence-electron chi connectivity index (χ4n) is 3.69. The van der Waals surface area contributed by atoms with E-state index in [-0.39, 0.29) is 23.7 Å². The first-order valence-corrected chi connectivity index (χ1v) is 10.9. The number of fused-ring (bicyclic) bond motifs is 1. The molecule has 0 bridgehead atoms. The van der Waals surface area contributed by atoms with Gasteiger partial charge in [0, 0.05) is 34.0 Å². The van der Waals surface area contributed by atoms with Crippen LogP contribution in [-0.4, -0.2) is 16.4 Å². The van der Waals surface area contributed by atoms with Crippen LogP contribution in [0.5, 0.6) is 0 Å². The van der Waals surface area contributed by atoms with Gasteiger partial charge in [-0.1, -0.05) is 24.3 Å². The molecule has 10 heteroatoms. The predicted molar refractivity (Wildman–Crippen MR) is 131 cm³/mol. The Labute approximate surface area is 208 Å². The molecule has 0 radical (unpaired) electrons. The zero-order valence-electron chi connectivity index (χ0n) is 19.0. The van der Waals surface area contributed by atoms with Crippen molar-refractivity contribution in [3.63, 3.8) is 0 Å². The van der Waals surface area contributed by atoms with Gasteiger partial charge in [-0.3, -0.25) is 9.59 Å². The summed E-state index contributed by atoms with van der Waals surface area (Å²) in [6, 6.07) is 18.2. The van der Waals surface area contributed by atoms with Crippen molar-refractivity contribution in [3.05, 3.63) is 102 Å². The molecule has 2 N–H and O–H groups in total. The maximum atomic E-state index is 13.1. The topological polar surface area (TPSA) is 86.9 Å². The monoisotopic (exact) mass is 506 g/mol. The van der Waals surface area contributed by atoms with E-state index < -0.39 is 23.5 Å². The van der Waals surface area contributed by atoms with Gasteiger partial charge in [0.2, 0.25) is 5.91 Å². The second kappa shape index (κ2) is 10.4. The number of carbonyl (C=O) groups excluding carboxylic acids is 2. The summed E-state index contributed by atoms with van der Waals surface area (Å²) in [4.78, 5) is 25.2. The van der Waals surface area contributed by atoms with E-state index in [2.05, 4.69) is 10.6 Å². The quantitative estimate of drug-likeness (QED) is 0.192. The molecule has 4 rings (SSSR count). The third kappa shape index (κ3) is 6.02. The van der Waals surface area contributed by atoms with E-state index in [4.69, 9.17) is 0 Å². The minimum atomic E-state index is -4.58. The number of rotatable bonds is 6. The molecule has 0 saturated carbocycles. The maximum Gasteiger partial charge on any atom is 0.416 e. The Bertz CT molecular complexity index is 1550. The van der Waals surface area contributed by atoms with Crippen molar-refractivity contribution in [2.75, 3.05) is 10.6 Å². The first-order chi connectivity index (χ1) is 17.6. The number of nitriles is 1. The summed E-state index contributed by atoms with van der Waals surface area (Å²) in [5.74, 6) is -1.70.